The summed E-state index contributed by atoms with van der Waals surface area (Å²) in [6, 6.07) is 6.81. The third kappa shape index (κ3) is 4.99. The minimum absolute atomic E-state index is 0.269. The minimum Gasteiger partial charge on any atom is -0.497 e. The smallest absolute Gasteiger partial charge is 0.319 e. The van der Waals surface area contributed by atoms with Crippen LogP contribution in [0.2, 0.25) is 0 Å². The van der Waals surface area contributed by atoms with Gasteiger partial charge in [-0.3, -0.25) is 0 Å². The summed E-state index contributed by atoms with van der Waals surface area (Å²) in [7, 11) is 3.14. The van der Waals surface area contributed by atoms with Gasteiger partial charge in [0.15, 0.2) is 0 Å². The van der Waals surface area contributed by atoms with E-state index < -0.39 is 0 Å². The lowest BCUT2D eigenvalue weighted by molar-refractivity contribution is 0.249. The molecule has 0 radical (unpaired) electrons. The molecule has 1 atom stereocenters. The molecule has 0 spiro atoms. The van der Waals surface area contributed by atoms with Crippen molar-refractivity contribution < 1.29 is 14.3 Å². The Balaban J connectivity index is 1.53. The molecule has 1 aliphatic rings. The molecule has 2 aromatic rings. The topological polar surface area (TPSA) is 88.6 Å². The number of rotatable bonds is 6. The van der Waals surface area contributed by atoms with Crippen LogP contribution in [-0.4, -0.2) is 49.9 Å². The van der Waals surface area contributed by atoms with E-state index in [1.165, 1.54) is 0 Å². The average molecular weight is 371 g/mol. The lowest BCUT2D eigenvalue weighted by Gasteiger charge is -2.32. The third-order valence-electron chi connectivity index (χ3n) is 4.56. The fraction of sp³-hybridized carbons (Fsp3) is 0.421. The van der Waals surface area contributed by atoms with Crippen molar-refractivity contribution in [2.75, 3.05) is 44.1 Å². The van der Waals surface area contributed by atoms with Crippen LogP contribution < -0.4 is 25.0 Å². The van der Waals surface area contributed by atoms with Crippen LogP contribution in [0.25, 0.3) is 0 Å². The largest absolute Gasteiger partial charge is 0.497 e. The van der Waals surface area contributed by atoms with Crippen LogP contribution in [0.3, 0.4) is 0 Å². The van der Waals surface area contributed by atoms with E-state index in [4.69, 9.17) is 9.47 Å². The van der Waals surface area contributed by atoms with Gasteiger partial charge < -0.3 is 25.0 Å². The Kier molecular flexibility index (Phi) is 6.30. The number of ether oxygens (including phenoxy) is 2. The van der Waals surface area contributed by atoms with Crippen molar-refractivity contribution in [1.82, 2.24) is 15.3 Å². The standard InChI is InChI=1S/C19H25N5O3/c1-26-15-6-7-17(27-2)16(11-15)23-19(25)22-12-14-5-3-10-24(13-14)18-20-8-4-9-21-18/h4,6-9,11,14H,3,5,10,12-13H2,1-2H3,(H2,22,23,25)/t14-/m1/s1. The third-order valence-corrected chi connectivity index (χ3v) is 4.56. The van der Waals surface area contributed by atoms with Gasteiger partial charge in [0.2, 0.25) is 5.95 Å². The number of nitrogens with zero attached hydrogens (tertiary/aromatic N) is 3. The SMILES string of the molecule is COc1ccc(OC)c(NC(=O)NC[C@H]2CCCN(c3ncccn3)C2)c1. The molecule has 2 heterocycles. The maximum absolute atomic E-state index is 12.3. The van der Waals surface area contributed by atoms with E-state index in [0.717, 1.165) is 31.9 Å². The van der Waals surface area contributed by atoms with E-state index in [0.29, 0.717) is 29.6 Å². The fourth-order valence-corrected chi connectivity index (χ4v) is 3.18. The van der Waals surface area contributed by atoms with Crippen LogP contribution >= 0.6 is 0 Å². The Morgan fingerprint density at radius 2 is 2.07 bits per heavy atom. The molecule has 1 aliphatic heterocycles. The van der Waals surface area contributed by atoms with Gasteiger partial charge in [-0.15, -0.1) is 0 Å². The van der Waals surface area contributed by atoms with Crippen LogP contribution in [0.1, 0.15) is 12.8 Å². The fourth-order valence-electron chi connectivity index (χ4n) is 3.18. The maximum Gasteiger partial charge on any atom is 0.319 e. The van der Waals surface area contributed by atoms with E-state index in [1.54, 1.807) is 44.8 Å². The van der Waals surface area contributed by atoms with Gasteiger partial charge in [0, 0.05) is 38.1 Å². The van der Waals surface area contributed by atoms with Gasteiger partial charge in [-0.25, -0.2) is 14.8 Å². The maximum atomic E-state index is 12.3. The zero-order chi connectivity index (χ0) is 19.1. The zero-order valence-electron chi connectivity index (χ0n) is 15.6. The summed E-state index contributed by atoms with van der Waals surface area (Å²) in [6.45, 7) is 2.35. The summed E-state index contributed by atoms with van der Waals surface area (Å²) in [6.07, 6.45) is 5.61. The molecule has 2 N–H and O–H groups in total. The van der Waals surface area contributed by atoms with Crippen LogP contribution in [0.15, 0.2) is 36.7 Å². The van der Waals surface area contributed by atoms with Gasteiger partial charge in [0.25, 0.3) is 0 Å². The van der Waals surface area contributed by atoms with Gasteiger partial charge in [-0.05, 0) is 37.0 Å². The van der Waals surface area contributed by atoms with Crippen molar-refractivity contribution in [1.29, 1.82) is 0 Å². The molecule has 0 aliphatic carbocycles. The van der Waals surface area contributed by atoms with Crippen molar-refractivity contribution in [2.24, 2.45) is 5.92 Å². The van der Waals surface area contributed by atoms with Crippen LogP contribution in [-0.2, 0) is 0 Å². The summed E-state index contributed by atoms with van der Waals surface area (Å²) in [4.78, 5) is 23.1. The highest BCUT2D eigenvalue weighted by Crippen LogP contribution is 2.28. The summed E-state index contributed by atoms with van der Waals surface area (Å²) in [5.41, 5.74) is 0.567. The van der Waals surface area contributed by atoms with E-state index in [1.807, 2.05) is 6.07 Å². The highest BCUT2D eigenvalue weighted by molar-refractivity contribution is 5.91. The second-order valence-electron chi connectivity index (χ2n) is 6.40. The van der Waals surface area contributed by atoms with E-state index in [-0.39, 0.29) is 6.03 Å². The summed E-state index contributed by atoms with van der Waals surface area (Å²) < 4.78 is 10.5. The molecule has 1 aromatic heterocycles. The molecular weight excluding hydrogens is 346 g/mol. The Morgan fingerprint density at radius 3 is 2.81 bits per heavy atom. The molecule has 1 aromatic carbocycles. The van der Waals surface area contributed by atoms with Crippen molar-refractivity contribution in [3.8, 4) is 11.5 Å². The second kappa shape index (κ2) is 9.07. The molecule has 27 heavy (non-hydrogen) atoms. The number of piperidine rings is 1. The summed E-state index contributed by atoms with van der Waals surface area (Å²) in [5, 5.41) is 5.77. The first-order valence-electron chi connectivity index (χ1n) is 8.98. The van der Waals surface area contributed by atoms with Crippen molar-refractivity contribution in [2.45, 2.75) is 12.8 Å². The van der Waals surface area contributed by atoms with Gasteiger partial charge in [0.05, 0.1) is 19.9 Å². The lowest BCUT2D eigenvalue weighted by atomic mass is 9.98. The van der Waals surface area contributed by atoms with Crippen molar-refractivity contribution in [3.05, 3.63) is 36.7 Å². The van der Waals surface area contributed by atoms with Gasteiger partial charge in [0.1, 0.15) is 11.5 Å². The number of carbonyl (C=O) groups excluding carboxylic acids is 1. The molecule has 0 unspecified atom stereocenters. The van der Waals surface area contributed by atoms with Crippen LogP contribution in [0.4, 0.5) is 16.4 Å². The number of hydrogen-bond acceptors (Lipinski definition) is 6. The number of benzene rings is 1. The summed E-state index contributed by atoms with van der Waals surface area (Å²) >= 11 is 0. The monoisotopic (exact) mass is 371 g/mol. The number of hydrogen-bond donors (Lipinski definition) is 2. The van der Waals surface area contributed by atoms with Gasteiger partial charge >= 0.3 is 6.03 Å². The Hall–Kier alpha value is -3.03. The Morgan fingerprint density at radius 1 is 1.26 bits per heavy atom. The highest BCUT2D eigenvalue weighted by Gasteiger charge is 2.22. The van der Waals surface area contributed by atoms with E-state index >= 15 is 0 Å². The normalized spacial score (nSPS) is 16.5. The minimum atomic E-state index is -0.269. The average Bonchev–Trinajstić information content (AvgIpc) is 2.73. The van der Waals surface area contributed by atoms with E-state index in [9.17, 15) is 4.79 Å². The molecule has 2 amide bonds. The van der Waals surface area contributed by atoms with E-state index in [2.05, 4.69) is 25.5 Å². The predicted molar refractivity (Wildman–Crippen MR) is 104 cm³/mol. The molecule has 0 saturated carbocycles. The molecule has 144 valence electrons. The lowest BCUT2D eigenvalue weighted by Crippen LogP contribution is -2.42. The molecule has 0 bridgehead atoms. The number of methoxy groups -OCH3 is 2. The number of amides is 2. The van der Waals surface area contributed by atoms with Crippen LogP contribution in [0.5, 0.6) is 11.5 Å². The molecular formula is C19H25N5O3. The van der Waals surface area contributed by atoms with Gasteiger partial charge in [-0.1, -0.05) is 0 Å². The highest BCUT2D eigenvalue weighted by atomic mass is 16.5. The molecule has 8 heteroatoms. The first-order valence-corrected chi connectivity index (χ1v) is 8.98. The first kappa shape index (κ1) is 18.8. The summed E-state index contributed by atoms with van der Waals surface area (Å²) in [5.74, 6) is 2.32. The predicted octanol–water partition coefficient (Wildman–Crippen LogP) is 2.53. The number of urea groups is 1. The first-order chi connectivity index (χ1) is 13.2. The molecule has 1 saturated heterocycles. The zero-order valence-corrected chi connectivity index (χ0v) is 15.6. The number of anilines is 2. The molecule has 8 nitrogen and oxygen atoms in total. The van der Waals surface area contributed by atoms with Crippen LogP contribution in [0, 0.1) is 5.92 Å². The van der Waals surface area contributed by atoms with Crippen molar-refractivity contribution >= 4 is 17.7 Å². The Bertz CT molecular complexity index is 756. The molecule has 1 fully saturated rings. The van der Waals surface area contributed by atoms with Crippen molar-refractivity contribution in [3.63, 3.8) is 0 Å². The number of aromatic nitrogens is 2. The quantitative estimate of drug-likeness (QED) is 0.811. The number of nitrogens with one attached hydrogen (secondary N) is 2. The molecule has 3 rings (SSSR count). The second-order valence-corrected chi connectivity index (χ2v) is 6.40. The van der Waals surface area contributed by atoms with Gasteiger partial charge in [-0.2, -0.15) is 0 Å². The number of carbonyl (C=O) groups is 1. The Labute approximate surface area is 158 Å².